The lowest BCUT2D eigenvalue weighted by Crippen LogP contribution is -2.27. The average Bonchev–Trinajstić information content (AvgIpc) is 2.46. The Balaban J connectivity index is 1.85. The van der Waals surface area contributed by atoms with Gasteiger partial charge in [-0.05, 0) is 30.2 Å². The van der Waals surface area contributed by atoms with E-state index in [-0.39, 0.29) is 12.6 Å². The number of nitrogens with one attached hydrogen (secondary N) is 1. The SMILES string of the molecule is C[C@H](NC(=O)OCc1ccccc1)c1cccc(N)c1. The van der Waals surface area contributed by atoms with Gasteiger partial charge in [0.1, 0.15) is 6.61 Å². The summed E-state index contributed by atoms with van der Waals surface area (Å²) in [5.41, 5.74) is 8.30. The molecule has 0 heterocycles. The zero-order valence-corrected chi connectivity index (χ0v) is 11.4. The lowest BCUT2D eigenvalue weighted by Gasteiger charge is -2.14. The Morgan fingerprint density at radius 1 is 1.20 bits per heavy atom. The number of alkyl carbamates (subject to hydrolysis) is 1. The largest absolute Gasteiger partial charge is 0.445 e. The van der Waals surface area contributed by atoms with Gasteiger partial charge >= 0.3 is 6.09 Å². The van der Waals surface area contributed by atoms with Gasteiger partial charge in [0.15, 0.2) is 0 Å². The fourth-order valence-corrected chi connectivity index (χ4v) is 1.85. The molecule has 0 bridgehead atoms. The average molecular weight is 270 g/mol. The van der Waals surface area contributed by atoms with Crippen molar-refractivity contribution in [1.82, 2.24) is 5.32 Å². The molecule has 1 atom stereocenters. The zero-order chi connectivity index (χ0) is 14.4. The van der Waals surface area contributed by atoms with Crippen LogP contribution in [0.2, 0.25) is 0 Å². The molecule has 0 radical (unpaired) electrons. The third-order valence-corrected chi connectivity index (χ3v) is 2.96. The molecular formula is C16H18N2O2. The van der Waals surface area contributed by atoms with Crippen molar-refractivity contribution in [3.63, 3.8) is 0 Å². The molecule has 2 rings (SSSR count). The minimum absolute atomic E-state index is 0.151. The summed E-state index contributed by atoms with van der Waals surface area (Å²) in [6, 6.07) is 16.8. The van der Waals surface area contributed by atoms with Gasteiger partial charge in [-0.25, -0.2) is 4.79 Å². The highest BCUT2D eigenvalue weighted by Crippen LogP contribution is 2.15. The van der Waals surface area contributed by atoms with E-state index in [4.69, 9.17) is 10.5 Å². The molecule has 1 amide bonds. The molecule has 0 spiro atoms. The van der Waals surface area contributed by atoms with Gasteiger partial charge in [0.25, 0.3) is 0 Å². The highest BCUT2D eigenvalue weighted by atomic mass is 16.5. The number of carbonyl (C=O) groups excluding carboxylic acids is 1. The molecule has 4 heteroatoms. The van der Waals surface area contributed by atoms with Gasteiger partial charge in [-0.2, -0.15) is 0 Å². The fraction of sp³-hybridized carbons (Fsp3) is 0.188. The quantitative estimate of drug-likeness (QED) is 0.838. The summed E-state index contributed by atoms with van der Waals surface area (Å²) in [6.07, 6.45) is -0.441. The van der Waals surface area contributed by atoms with Crippen molar-refractivity contribution in [2.24, 2.45) is 0 Å². The molecule has 0 fully saturated rings. The molecular weight excluding hydrogens is 252 g/mol. The Morgan fingerprint density at radius 2 is 1.95 bits per heavy atom. The zero-order valence-electron chi connectivity index (χ0n) is 11.4. The number of carbonyl (C=O) groups is 1. The van der Waals surface area contributed by atoms with Crippen LogP contribution in [0.15, 0.2) is 54.6 Å². The number of nitrogen functional groups attached to an aromatic ring is 1. The van der Waals surface area contributed by atoms with E-state index in [1.807, 2.05) is 61.5 Å². The summed E-state index contributed by atoms with van der Waals surface area (Å²) >= 11 is 0. The summed E-state index contributed by atoms with van der Waals surface area (Å²) in [7, 11) is 0. The second kappa shape index (κ2) is 6.61. The van der Waals surface area contributed by atoms with Crippen LogP contribution < -0.4 is 11.1 Å². The molecule has 2 aromatic rings. The van der Waals surface area contributed by atoms with Gasteiger partial charge in [0.2, 0.25) is 0 Å². The summed E-state index contributed by atoms with van der Waals surface area (Å²) in [5.74, 6) is 0. The topological polar surface area (TPSA) is 64.3 Å². The second-order valence-electron chi connectivity index (χ2n) is 4.60. The van der Waals surface area contributed by atoms with Crippen molar-refractivity contribution in [2.75, 3.05) is 5.73 Å². The van der Waals surface area contributed by atoms with Gasteiger partial charge in [0, 0.05) is 5.69 Å². The predicted octanol–water partition coefficient (Wildman–Crippen LogP) is 3.26. The summed E-state index contributed by atoms with van der Waals surface area (Å²) < 4.78 is 5.17. The van der Waals surface area contributed by atoms with Crippen molar-refractivity contribution < 1.29 is 9.53 Å². The van der Waals surface area contributed by atoms with Crippen LogP contribution in [-0.2, 0) is 11.3 Å². The smallest absolute Gasteiger partial charge is 0.407 e. The Hall–Kier alpha value is -2.49. The highest BCUT2D eigenvalue weighted by molar-refractivity contribution is 5.68. The van der Waals surface area contributed by atoms with E-state index in [1.165, 1.54) is 0 Å². The number of amides is 1. The van der Waals surface area contributed by atoms with Gasteiger partial charge < -0.3 is 15.8 Å². The summed E-state index contributed by atoms with van der Waals surface area (Å²) in [4.78, 5) is 11.7. The summed E-state index contributed by atoms with van der Waals surface area (Å²) in [5, 5.41) is 2.78. The molecule has 104 valence electrons. The van der Waals surface area contributed by atoms with Crippen LogP contribution in [0.1, 0.15) is 24.1 Å². The number of anilines is 1. The van der Waals surface area contributed by atoms with E-state index in [0.29, 0.717) is 5.69 Å². The highest BCUT2D eigenvalue weighted by Gasteiger charge is 2.10. The molecule has 0 aromatic heterocycles. The van der Waals surface area contributed by atoms with Crippen LogP contribution in [0, 0.1) is 0 Å². The van der Waals surface area contributed by atoms with E-state index in [9.17, 15) is 4.79 Å². The van der Waals surface area contributed by atoms with Crippen molar-refractivity contribution in [2.45, 2.75) is 19.6 Å². The minimum Gasteiger partial charge on any atom is -0.445 e. The first kappa shape index (κ1) is 13.9. The van der Waals surface area contributed by atoms with E-state index in [1.54, 1.807) is 0 Å². The molecule has 0 saturated carbocycles. The van der Waals surface area contributed by atoms with Gasteiger partial charge in [-0.15, -0.1) is 0 Å². The monoisotopic (exact) mass is 270 g/mol. The lowest BCUT2D eigenvalue weighted by atomic mass is 10.1. The lowest BCUT2D eigenvalue weighted by molar-refractivity contribution is 0.136. The molecule has 0 unspecified atom stereocenters. The van der Waals surface area contributed by atoms with Crippen LogP contribution >= 0.6 is 0 Å². The maximum atomic E-state index is 11.7. The van der Waals surface area contributed by atoms with E-state index < -0.39 is 6.09 Å². The second-order valence-corrected chi connectivity index (χ2v) is 4.60. The number of hydrogen-bond donors (Lipinski definition) is 2. The Bertz CT molecular complexity index is 570. The maximum absolute atomic E-state index is 11.7. The van der Waals surface area contributed by atoms with Crippen LogP contribution in [0.3, 0.4) is 0 Å². The Kier molecular flexibility index (Phi) is 4.60. The van der Waals surface area contributed by atoms with E-state index >= 15 is 0 Å². The first-order valence-electron chi connectivity index (χ1n) is 6.48. The summed E-state index contributed by atoms with van der Waals surface area (Å²) in [6.45, 7) is 2.15. The molecule has 0 aliphatic rings. The van der Waals surface area contributed by atoms with Gasteiger partial charge in [-0.3, -0.25) is 0 Å². The van der Waals surface area contributed by atoms with Crippen LogP contribution in [0.5, 0.6) is 0 Å². The molecule has 0 aliphatic heterocycles. The normalized spacial score (nSPS) is 11.7. The van der Waals surface area contributed by atoms with E-state index in [0.717, 1.165) is 11.1 Å². The van der Waals surface area contributed by atoms with Crippen molar-refractivity contribution >= 4 is 11.8 Å². The third-order valence-electron chi connectivity index (χ3n) is 2.96. The molecule has 3 N–H and O–H groups in total. The molecule has 2 aromatic carbocycles. The van der Waals surface area contributed by atoms with Gasteiger partial charge in [-0.1, -0.05) is 42.5 Å². The minimum atomic E-state index is -0.441. The number of hydrogen-bond acceptors (Lipinski definition) is 3. The van der Waals surface area contributed by atoms with Crippen LogP contribution in [-0.4, -0.2) is 6.09 Å². The number of benzene rings is 2. The number of ether oxygens (including phenoxy) is 1. The number of nitrogens with two attached hydrogens (primary N) is 1. The Morgan fingerprint density at radius 3 is 2.65 bits per heavy atom. The van der Waals surface area contributed by atoms with Gasteiger partial charge in [0.05, 0.1) is 6.04 Å². The molecule has 0 aliphatic carbocycles. The van der Waals surface area contributed by atoms with Crippen LogP contribution in [0.4, 0.5) is 10.5 Å². The molecule has 0 saturated heterocycles. The molecule has 20 heavy (non-hydrogen) atoms. The van der Waals surface area contributed by atoms with Crippen molar-refractivity contribution in [3.05, 3.63) is 65.7 Å². The van der Waals surface area contributed by atoms with Crippen LogP contribution in [0.25, 0.3) is 0 Å². The Labute approximate surface area is 118 Å². The standard InChI is InChI=1S/C16H18N2O2/c1-12(14-8-5-9-15(17)10-14)18-16(19)20-11-13-6-3-2-4-7-13/h2-10,12H,11,17H2,1H3,(H,18,19)/t12-/m0/s1. The maximum Gasteiger partial charge on any atom is 0.407 e. The van der Waals surface area contributed by atoms with Crippen molar-refractivity contribution in [1.29, 1.82) is 0 Å². The molecule has 4 nitrogen and oxygen atoms in total. The third kappa shape index (κ3) is 4.02. The van der Waals surface area contributed by atoms with E-state index in [2.05, 4.69) is 5.32 Å². The van der Waals surface area contributed by atoms with Crippen molar-refractivity contribution in [3.8, 4) is 0 Å². The number of rotatable bonds is 4. The first-order chi connectivity index (χ1) is 9.65. The first-order valence-corrected chi connectivity index (χ1v) is 6.48. The fourth-order valence-electron chi connectivity index (χ4n) is 1.85. The predicted molar refractivity (Wildman–Crippen MR) is 79.0 cm³/mol.